The van der Waals surface area contributed by atoms with Crippen molar-refractivity contribution in [2.24, 2.45) is 0 Å². The Morgan fingerprint density at radius 1 is 1.38 bits per heavy atom. The average Bonchev–Trinajstić information content (AvgIpc) is 3.11. The molecule has 2 amide bonds. The molecular formula is C18H17N3O3. The zero-order chi connectivity index (χ0) is 16.7. The van der Waals surface area contributed by atoms with Crippen LogP contribution in [0.25, 0.3) is 11.1 Å². The molecule has 2 aliphatic heterocycles. The van der Waals surface area contributed by atoms with Gasteiger partial charge in [-0.15, -0.1) is 0 Å². The van der Waals surface area contributed by atoms with Crippen LogP contribution in [-0.4, -0.2) is 35.7 Å². The van der Waals surface area contributed by atoms with Crippen molar-refractivity contribution in [2.75, 3.05) is 11.4 Å². The summed E-state index contributed by atoms with van der Waals surface area (Å²) in [6, 6.07) is 9.91. The molecule has 2 aliphatic rings. The fourth-order valence-corrected chi connectivity index (χ4v) is 3.41. The number of pyridine rings is 1. The maximum absolute atomic E-state index is 12.2. The van der Waals surface area contributed by atoms with Crippen molar-refractivity contribution >= 4 is 17.7 Å². The van der Waals surface area contributed by atoms with Gasteiger partial charge in [0.1, 0.15) is 6.10 Å². The predicted molar refractivity (Wildman–Crippen MR) is 88.6 cm³/mol. The number of benzene rings is 1. The molecule has 1 saturated heterocycles. The third-order valence-corrected chi connectivity index (χ3v) is 4.52. The Hall–Kier alpha value is -2.89. The molecule has 0 saturated carbocycles. The number of hydrogen-bond donors (Lipinski definition) is 1. The average molecular weight is 323 g/mol. The van der Waals surface area contributed by atoms with E-state index in [4.69, 9.17) is 4.74 Å². The van der Waals surface area contributed by atoms with Crippen molar-refractivity contribution in [3.05, 3.63) is 48.3 Å². The van der Waals surface area contributed by atoms with Crippen molar-refractivity contribution in [3.8, 4) is 11.1 Å². The molecule has 24 heavy (non-hydrogen) atoms. The maximum atomic E-state index is 12.2. The van der Waals surface area contributed by atoms with Gasteiger partial charge in [0.15, 0.2) is 0 Å². The number of amides is 2. The van der Waals surface area contributed by atoms with Crippen LogP contribution in [0.3, 0.4) is 0 Å². The van der Waals surface area contributed by atoms with E-state index in [2.05, 4.69) is 16.4 Å². The minimum absolute atomic E-state index is 0.0662. The van der Waals surface area contributed by atoms with Gasteiger partial charge >= 0.3 is 6.09 Å². The smallest absolute Gasteiger partial charge is 0.415 e. The Morgan fingerprint density at radius 3 is 3.00 bits per heavy atom. The quantitative estimate of drug-likeness (QED) is 0.939. The van der Waals surface area contributed by atoms with Gasteiger partial charge in [-0.1, -0.05) is 12.1 Å². The summed E-state index contributed by atoms with van der Waals surface area (Å²) in [5.41, 5.74) is 4.13. The first-order valence-corrected chi connectivity index (χ1v) is 7.91. The van der Waals surface area contributed by atoms with Crippen LogP contribution in [0.5, 0.6) is 0 Å². The Morgan fingerprint density at radius 2 is 2.25 bits per heavy atom. The van der Waals surface area contributed by atoms with Crippen LogP contribution in [0.4, 0.5) is 10.5 Å². The summed E-state index contributed by atoms with van der Waals surface area (Å²) in [5.74, 6) is -0.126. The predicted octanol–water partition coefficient (Wildman–Crippen LogP) is 2.13. The zero-order valence-corrected chi connectivity index (χ0v) is 13.2. The van der Waals surface area contributed by atoms with E-state index in [-0.39, 0.29) is 24.1 Å². The molecule has 4 rings (SSSR count). The summed E-state index contributed by atoms with van der Waals surface area (Å²) >= 11 is 0. The van der Waals surface area contributed by atoms with Crippen LogP contribution in [0.15, 0.2) is 42.7 Å². The van der Waals surface area contributed by atoms with Crippen molar-refractivity contribution in [3.63, 3.8) is 0 Å². The highest BCUT2D eigenvalue weighted by molar-refractivity contribution is 5.94. The molecule has 0 bridgehead atoms. The Labute approximate surface area is 139 Å². The molecule has 1 aromatic carbocycles. The monoisotopic (exact) mass is 323 g/mol. The summed E-state index contributed by atoms with van der Waals surface area (Å²) in [5, 5.41) is 2.73. The number of carbonyl (C=O) groups is 2. The Kier molecular flexibility index (Phi) is 3.45. The molecule has 0 unspecified atom stereocenters. The minimum Gasteiger partial charge on any atom is -0.442 e. The minimum atomic E-state index is -0.344. The summed E-state index contributed by atoms with van der Waals surface area (Å²) in [6.45, 7) is 1.80. The molecule has 0 spiro atoms. The van der Waals surface area contributed by atoms with Gasteiger partial charge in [-0.2, -0.15) is 0 Å². The van der Waals surface area contributed by atoms with Crippen LogP contribution in [0.2, 0.25) is 0 Å². The first-order chi connectivity index (χ1) is 11.6. The second-order valence-electron chi connectivity index (χ2n) is 6.09. The van der Waals surface area contributed by atoms with Crippen LogP contribution >= 0.6 is 0 Å². The lowest BCUT2D eigenvalue weighted by Crippen LogP contribution is -2.40. The standard InChI is InChI=1S/C18H17N3O3/c1-11(22)20-10-17-16-8-14-7-12(13-3-2-6-19-9-13)4-5-15(14)21(16)18(23)24-17/h2-7,9,16-17H,8,10H2,1H3,(H,20,22)/t16-,17-/m0/s1. The highest BCUT2D eigenvalue weighted by Crippen LogP contribution is 2.40. The van der Waals surface area contributed by atoms with Crippen LogP contribution < -0.4 is 10.2 Å². The Balaban J connectivity index is 1.62. The van der Waals surface area contributed by atoms with Gasteiger partial charge < -0.3 is 10.1 Å². The van der Waals surface area contributed by atoms with Gasteiger partial charge in [-0.3, -0.25) is 14.7 Å². The molecule has 1 aromatic heterocycles. The van der Waals surface area contributed by atoms with Crippen molar-refractivity contribution in [1.29, 1.82) is 0 Å². The fraction of sp³-hybridized carbons (Fsp3) is 0.278. The zero-order valence-electron chi connectivity index (χ0n) is 13.2. The molecule has 2 aromatic rings. The molecule has 2 atom stereocenters. The topological polar surface area (TPSA) is 71.5 Å². The number of rotatable bonds is 3. The summed E-state index contributed by atoms with van der Waals surface area (Å²) in [6.07, 6.45) is 3.62. The second-order valence-corrected chi connectivity index (χ2v) is 6.09. The number of nitrogens with one attached hydrogen (secondary N) is 1. The SMILES string of the molecule is CC(=O)NC[C@@H]1OC(=O)N2c3ccc(-c4cccnc4)cc3C[C@@H]12. The molecule has 3 heterocycles. The number of nitrogens with zero attached hydrogens (tertiary/aromatic N) is 2. The van der Waals surface area contributed by atoms with Crippen LogP contribution in [-0.2, 0) is 16.0 Å². The molecule has 0 aliphatic carbocycles. The van der Waals surface area contributed by atoms with E-state index in [0.29, 0.717) is 6.54 Å². The fourth-order valence-electron chi connectivity index (χ4n) is 3.41. The lowest BCUT2D eigenvalue weighted by Gasteiger charge is -2.16. The van der Waals surface area contributed by atoms with E-state index in [1.54, 1.807) is 11.1 Å². The molecule has 6 nitrogen and oxygen atoms in total. The van der Waals surface area contributed by atoms with Crippen molar-refractivity contribution in [1.82, 2.24) is 10.3 Å². The second kappa shape index (κ2) is 5.63. The summed E-state index contributed by atoms with van der Waals surface area (Å²) in [7, 11) is 0. The van der Waals surface area contributed by atoms with Crippen molar-refractivity contribution in [2.45, 2.75) is 25.5 Å². The molecule has 6 heteroatoms. The van der Waals surface area contributed by atoms with Gasteiger partial charge in [0, 0.05) is 19.3 Å². The first-order valence-electron chi connectivity index (χ1n) is 7.91. The molecule has 1 fully saturated rings. The van der Waals surface area contributed by atoms with E-state index in [9.17, 15) is 9.59 Å². The van der Waals surface area contributed by atoms with Gasteiger partial charge in [0.05, 0.1) is 18.3 Å². The van der Waals surface area contributed by atoms with Crippen molar-refractivity contribution < 1.29 is 14.3 Å². The van der Waals surface area contributed by atoms with E-state index in [1.807, 2.05) is 30.5 Å². The van der Waals surface area contributed by atoms with Crippen LogP contribution in [0.1, 0.15) is 12.5 Å². The van der Waals surface area contributed by atoms with Gasteiger partial charge in [0.2, 0.25) is 5.91 Å². The number of cyclic esters (lactones) is 1. The molecule has 1 N–H and O–H groups in total. The highest BCUT2D eigenvalue weighted by atomic mass is 16.6. The number of aromatic nitrogens is 1. The van der Waals surface area contributed by atoms with Gasteiger partial charge in [-0.05, 0) is 41.3 Å². The molecular weight excluding hydrogens is 306 g/mol. The van der Waals surface area contributed by atoms with E-state index in [1.165, 1.54) is 6.92 Å². The van der Waals surface area contributed by atoms with Gasteiger partial charge in [-0.25, -0.2) is 4.79 Å². The molecule has 122 valence electrons. The molecule has 0 radical (unpaired) electrons. The first kappa shape index (κ1) is 14.7. The largest absolute Gasteiger partial charge is 0.442 e. The van der Waals surface area contributed by atoms with Gasteiger partial charge in [0.25, 0.3) is 0 Å². The Bertz CT molecular complexity index is 806. The lowest BCUT2D eigenvalue weighted by atomic mass is 10.0. The number of anilines is 1. The van der Waals surface area contributed by atoms with Crippen LogP contribution in [0, 0.1) is 0 Å². The normalized spacial score (nSPS) is 21.2. The highest BCUT2D eigenvalue weighted by Gasteiger charge is 2.47. The lowest BCUT2D eigenvalue weighted by molar-refractivity contribution is -0.119. The third kappa shape index (κ3) is 2.40. The number of fused-ring (bicyclic) bond motifs is 3. The summed E-state index contributed by atoms with van der Waals surface area (Å²) < 4.78 is 5.41. The van der Waals surface area contributed by atoms with E-state index < -0.39 is 0 Å². The number of ether oxygens (including phenoxy) is 1. The summed E-state index contributed by atoms with van der Waals surface area (Å²) in [4.78, 5) is 29.2. The maximum Gasteiger partial charge on any atom is 0.415 e. The number of hydrogen-bond acceptors (Lipinski definition) is 4. The van der Waals surface area contributed by atoms with E-state index >= 15 is 0 Å². The van der Waals surface area contributed by atoms with E-state index in [0.717, 1.165) is 28.8 Å². The number of carbonyl (C=O) groups excluding carboxylic acids is 2. The third-order valence-electron chi connectivity index (χ3n) is 4.52.